The molecule has 32 heavy (non-hydrogen) atoms. The molecule has 1 saturated heterocycles. The number of nitrogens with one attached hydrogen (secondary N) is 1. The second kappa shape index (κ2) is 10.7. The Labute approximate surface area is 181 Å². The molecule has 0 aromatic carbocycles. The number of hydrogen-bond acceptors (Lipinski definition) is 5. The highest BCUT2D eigenvalue weighted by Crippen LogP contribution is 2.42. The predicted octanol–water partition coefficient (Wildman–Crippen LogP) is 2.53. The zero-order valence-electron chi connectivity index (χ0n) is 17.5. The van der Waals surface area contributed by atoms with E-state index in [0.29, 0.717) is 19.6 Å². The summed E-state index contributed by atoms with van der Waals surface area (Å²) < 4.78 is 50.5. The van der Waals surface area contributed by atoms with Gasteiger partial charge >= 0.3 is 12.1 Å². The summed E-state index contributed by atoms with van der Waals surface area (Å²) in [5, 5.41) is 10.0. The van der Waals surface area contributed by atoms with Gasteiger partial charge in [-0.2, -0.15) is 13.2 Å². The molecule has 1 aromatic rings. The number of carboxylic acid groups (broad SMARTS) is 1. The van der Waals surface area contributed by atoms with Crippen LogP contribution in [0.2, 0.25) is 0 Å². The van der Waals surface area contributed by atoms with Crippen molar-refractivity contribution in [3.05, 3.63) is 29.8 Å². The average Bonchev–Trinajstić information content (AvgIpc) is 3.03. The highest BCUT2D eigenvalue weighted by molar-refractivity contribution is 5.94. The lowest BCUT2D eigenvalue weighted by Gasteiger charge is -2.44. The summed E-state index contributed by atoms with van der Waals surface area (Å²) in [7, 11) is 1.64. The summed E-state index contributed by atoms with van der Waals surface area (Å²) in [5.74, 6) is -3.58. The Morgan fingerprint density at radius 1 is 1.31 bits per heavy atom. The van der Waals surface area contributed by atoms with Crippen molar-refractivity contribution in [1.82, 2.24) is 15.2 Å². The fourth-order valence-corrected chi connectivity index (χ4v) is 4.06. The number of ether oxygens (including phenoxy) is 1. The van der Waals surface area contributed by atoms with Gasteiger partial charge in [0.25, 0.3) is 5.91 Å². The number of rotatable bonds is 5. The molecule has 1 aromatic heterocycles. The summed E-state index contributed by atoms with van der Waals surface area (Å²) >= 11 is 0. The second-order valence-corrected chi connectivity index (χ2v) is 7.67. The molecule has 0 atom stereocenters. The lowest BCUT2D eigenvalue weighted by Crippen LogP contribution is -2.52. The standard InChI is InChI=1S/C18H24FN3O3.C2HF3O2/c1-25-11-10-22-16(23)4-8-18(22)6-2-13(3-7-18)21-17(24)14-5-9-20-12-15(14)19;3-2(4,5)1(6)7/h5,9,12-13H,2-4,6-8,10-11H2,1H3,(H,21,24);(H,6,7). The molecule has 12 heteroatoms. The van der Waals surface area contributed by atoms with E-state index >= 15 is 0 Å². The molecular formula is C20H25F4N3O5. The fourth-order valence-electron chi connectivity index (χ4n) is 4.06. The van der Waals surface area contributed by atoms with E-state index in [-0.39, 0.29) is 23.1 Å². The maximum Gasteiger partial charge on any atom is 0.490 e. The Hall–Kier alpha value is -2.76. The number of aliphatic carboxylic acids is 1. The number of hydrogen-bond donors (Lipinski definition) is 2. The molecule has 2 heterocycles. The van der Waals surface area contributed by atoms with Crippen LogP contribution in [-0.4, -0.2) is 70.8 Å². The van der Waals surface area contributed by atoms with Crippen LogP contribution in [0.3, 0.4) is 0 Å². The third kappa shape index (κ3) is 6.38. The molecule has 1 spiro atoms. The molecule has 1 saturated carbocycles. The van der Waals surface area contributed by atoms with E-state index in [1.54, 1.807) is 7.11 Å². The lowest BCUT2D eigenvalue weighted by molar-refractivity contribution is -0.192. The smallest absolute Gasteiger partial charge is 0.475 e. The normalized spacial score (nSPS) is 23.0. The molecule has 0 bridgehead atoms. The SMILES string of the molecule is COCCN1C(=O)CCC12CCC(NC(=O)c1ccncc1F)CC2.O=C(O)C(F)(F)F. The monoisotopic (exact) mass is 463 g/mol. The zero-order valence-corrected chi connectivity index (χ0v) is 17.5. The molecule has 2 aliphatic rings. The van der Waals surface area contributed by atoms with Gasteiger partial charge in [0.05, 0.1) is 18.4 Å². The predicted molar refractivity (Wildman–Crippen MR) is 103 cm³/mol. The second-order valence-electron chi connectivity index (χ2n) is 7.67. The minimum absolute atomic E-state index is 0.00525. The van der Waals surface area contributed by atoms with E-state index in [9.17, 15) is 27.2 Å². The third-order valence-electron chi connectivity index (χ3n) is 5.71. The molecule has 0 unspecified atom stereocenters. The van der Waals surface area contributed by atoms with Crippen molar-refractivity contribution in [1.29, 1.82) is 0 Å². The number of amides is 2. The van der Waals surface area contributed by atoms with Gasteiger partial charge in [0.1, 0.15) is 0 Å². The fraction of sp³-hybridized carbons (Fsp3) is 0.600. The summed E-state index contributed by atoms with van der Waals surface area (Å²) in [4.78, 5) is 39.0. The molecule has 2 amide bonds. The molecule has 3 rings (SSSR count). The van der Waals surface area contributed by atoms with Crippen LogP contribution in [0.5, 0.6) is 0 Å². The number of halogens is 4. The van der Waals surface area contributed by atoms with Crippen LogP contribution >= 0.6 is 0 Å². The van der Waals surface area contributed by atoms with E-state index < -0.39 is 23.9 Å². The van der Waals surface area contributed by atoms with Crippen LogP contribution in [-0.2, 0) is 14.3 Å². The summed E-state index contributed by atoms with van der Waals surface area (Å²) in [5.41, 5.74) is -0.0771. The highest BCUT2D eigenvalue weighted by Gasteiger charge is 2.46. The number of aromatic nitrogens is 1. The number of carboxylic acids is 1. The Kier molecular flexibility index (Phi) is 8.53. The molecule has 2 N–H and O–H groups in total. The van der Waals surface area contributed by atoms with Crippen LogP contribution in [0.15, 0.2) is 18.5 Å². The van der Waals surface area contributed by atoms with E-state index in [0.717, 1.165) is 38.3 Å². The maximum absolute atomic E-state index is 13.7. The van der Waals surface area contributed by atoms with E-state index in [4.69, 9.17) is 14.6 Å². The van der Waals surface area contributed by atoms with Crippen molar-refractivity contribution in [3.63, 3.8) is 0 Å². The van der Waals surface area contributed by atoms with Crippen molar-refractivity contribution in [2.75, 3.05) is 20.3 Å². The Morgan fingerprint density at radius 3 is 2.47 bits per heavy atom. The van der Waals surface area contributed by atoms with Crippen LogP contribution in [0.1, 0.15) is 48.9 Å². The number of nitrogens with zero attached hydrogens (tertiary/aromatic N) is 2. The Balaban J connectivity index is 0.000000451. The van der Waals surface area contributed by atoms with Crippen LogP contribution in [0, 0.1) is 5.82 Å². The number of methoxy groups -OCH3 is 1. The first-order valence-electron chi connectivity index (χ1n) is 10.00. The van der Waals surface area contributed by atoms with Crippen LogP contribution in [0.25, 0.3) is 0 Å². The van der Waals surface area contributed by atoms with Gasteiger partial charge < -0.3 is 20.1 Å². The number of likely N-dealkylation sites (tertiary alicyclic amines) is 1. The van der Waals surface area contributed by atoms with Crippen LogP contribution in [0.4, 0.5) is 17.6 Å². The van der Waals surface area contributed by atoms with Gasteiger partial charge in [-0.15, -0.1) is 0 Å². The van der Waals surface area contributed by atoms with Gasteiger partial charge in [-0.05, 0) is 38.2 Å². The highest BCUT2D eigenvalue weighted by atomic mass is 19.4. The van der Waals surface area contributed by atoms with Gasteiger partial charge in [0, 0.05) is 37.9 Å². The molecule has 1 aliphatic heterocycles. The van der Waals surface area contributed by atoms with E-state index in [2.05, 4.69) is 10.3 Å². The van der Waals surface area contributed by atoms with Crippen molar-refractivity contribution < 1.29 is 41.8 Å². The van der Waals surface area contributed by atoms with Crippen molar-refractivity contribution >= 4 is 17.8 Å². The maximum atomic E-state index is 13.7. The van der Waals surface area contributed by atoms with Crippen molar-refractivity contribution in [3.8, 4) is 0 Å². The summed E-state index contributed by atoms with van der Waals surface area (Å²) in [6.45, 7) is 1.16. The zero-order chi connectivity index (χ0) is 23.9. The molecule has 2 fully saturated rings. The topological polar surface area (TPSA) is 109 Å². The number of alkyl halides is 3. The third-order valence-corrected chi connectivity index (χ3v) is 5.71. The number of carbonyl (C=O) groups excluding carboxylic acids is 2. The number of pyridine rings is 1. The van der Waals surface area contributed by atoms with Gasteiger partial charge in [-0.25, -0.2) is 9.18 Å². The Bertz CT molecular complexity index is 826. The summed E-state index contributed by atoms with van der Waals surface area (Å²) in [6, 6.07) is 1.39. The first kappa shape index (κ1) is 25.5. The molecule has 8 nitrogen and oxygen atoms in total. The van der Waals surface area contributed by atoms with Crippen molar-refractivity contribution in [2.45, 2.75) is 56.3 Å². The molecule has 0 radical (unpaired) electrons. The molecular weight excluding hydrogens is 438 g/mol. The van der Waals surface area contributed by atoms with Gasteiger partial charge in [-0.3, -0.25) is 14.6 Å². The van der Waals surface area contributed by atoms with E-state index in [1.807, 2.05) is 4.90 Å². The quantitative estimate of drug-likeness (QED) is 0.650. The minimum Gasteiger partial charge on any atom is -0.475 e. The average molecular weight is 463 g/mol. The first-order valence-corrected chi connectivity index (χ1v) is 10.00. The Morgan fingerprint density at radius 2 is 1.94 bits per heavy atom. The van der Waals surface area contributed by atoms with Crippen molar-refractivity contribution in [2.24, 2.45) is 0 Å². The molecule has 178 valence electrons. The first-order chi connectivity index (χ1) is 15.0. The minimum atomic E-state index is -5.08. The summed E-state index contributed by atoms with van der Waals surface area (Å²) in [6.07, 6.45) is 2.11. The molecule has 1 aliphatic carbocycles. The van der Waals surface area contributed by atoms with E-state index in [1.165, 1.54) is 12.3 Å². The van der Waals surface area contributed by atoms with Gasteiger partial charge in [0.2, 0.25) is 5.91 Å². The lowest BCUT2D eigenvalue weighted by atomic mass is 9.77. The number of carbonyl (C=O) groups is 3. The van der Waals surface area contributed by atoms with Crippen LogP contribution < -0.4 is 5.32 Å². The van der Waals surface area contributed by atoms with Gasteiger partial charge in [0.15, 0.2) is 5.82 Å². The van der Waals surface area contributed by atoms with Gasteiger partial charge in [-0.1, -0.05) is 0 Å². The largest absolute Gasteiger partial charge is 0.490 e.